The van der Waals surface area contributed by atoms with Gasteiger partial charge in [0.25, 0.3) is 0 Å². The Balaban J connectivity index is 1.84. The molecular formula is C20H23NO4S. The first-order valence-corrected chi connectivity index (χ1v) is 10.2. The molecule has 26 heavy (non-hydrogen) atoms. The minimum Gasteiger partial charge on any atom is -0.481 e. The van der Waals surface area contributed by atoms with Crippen LogP contribution in [0.15, 0.2) is 53.4 Å². The van der Waals surface area contributed by atoms with Gasteiger partial charge in [0.15, 0.2) is 0 Å². The maximum absolute atomic E-state index is 13.0. The van der Waals surface area contributed by atoms with Gasteiger partial charge in [0, 0.05) is 13.1 Å². The lowest BCUT2D eigenvalue weighted by Crippen LogP contribution is -2.39. The van der Waals surface area contributed by atoms with Crippen molar-refractivity contribution in [3.63, 3.8) is 0 Å². The van der Waals surface area contributed by atoms with Crippen molar-refractivity contribution in [2.45, 2.75) is 37.0 Å². The number of carbonyl (C=O) groups is 1. The van der Waals surface area contributed by atoms with Crippen molar-refractivity contribution in [2.24, 2.45) is 0 Å². The van der Waals surface area contributed by atoms with Gasteiger partial charge in [0.2, 0.25) is 10.0 Å². The van der Waals surface area contributed by atoms with Gasteiger partial charge in [-0.1, -0.05) is 42.5 Å². The summed E-state index contributed by atoms with van der Waals surface area (Å²) in [5, 5.41) is 8.98. The van der Waals surface area contributed by atoms with Crippen LogP contribution in [0.25, 0.3) is 0 Å². The molecule has 2 aromatic rings. The highest BCUT2D eigenvalue weighted by atomic mass is 32.2. The molecule has 0 saturated carbocycles. The van der Waals surface area contributed by atoms with Crippen molar-refractivity contribution in [3.05, 3.63) is 65.2 Å². The minimum atomic E-state index is -3.52. The Morgan fingerprint density at radius 2 is 1.96 bits per heavy atom. The zero-order valence-electron chi connectivity index (χ0n) is 14.8. The standard InChI is InChI=1S/C20H23NO4S/c1-15-6-2-3-10-19(15)26(24,25)21-11-5-9-18(14-21)17-8-4-7-16(12-17)13-20(22)23/h2-4,6-8,10,12,18H,5,9,11,13-14H2,1H3,(H,22,23). The summed E-state index contributed by atoms with van der Waals surface area (Å²) in [5.74, 6) is -0.786. The molecule has 1 aliphatic rings. The molecule has 0 radical (unpaired) electrons. The van der Waals surface area contributed by atoms with Crippen LogP contribution >= 0.6 is 0 Å². The number of rotatable bonds is 5. The molecule has 0 amide bonds. The molecule has 0 bridgehead atoms. The summed E-state index contributed by atoms with van der Waals surface area (Å²) in [7, 11) is -3.52. The summed E-state index contributed by atoms with van der Waals surface area (Å²) in [6.45, 7) is 2.75. The summed E-state index contributed by atoms with van der Waals surface area (Å²) in [6.07, 6.45) is 1.67. The van der Waals surface area contributed by atoms with E-state index >= 15 is 0 Å². The maximum atomic E-state index is 13.0. The number of hydrogen-bond donors (Lipinski definition) is 1. The molecule has 138 valence electrons. The molecule has 6 heteroatoms. The zero-order chi connectivity index (χ0) is 18.7. The van der Waals surface area contributed by atoms with E-state index in [1.165, 1.54) is 0 Å². The van der Waals surface area contributed by atoms with Gasteiger partial charge < -0.3 is 5.11 Å². The maximum Gasteiger partial charge on any atom is 0.307 e. The van der Waals surface area contributed by atoms with E-state index in [-0.39, 0.29) is 12.3 Å². The highest BCUT2D eigenvalue weighted by Crippen LogP contribution is 2.31. The topological polar surface area (TPSA) is 74.7 Å². The molecule has 0 spiro atoms. The van der Waals surface area contributed by atoms with E-state index in [4.69, 9.17) is 5.11 Å². The summed E-state index contributed by atoms with van der Waals surface area (Å²) < 4.78 is 27.7. The van der Waals surface area contributed by atoms with E-state index in [2.05, 4.69) is 0 Å². The van der Waals surface area contributed by atoms with E-state index in [1.807, 2.05) is 37.3 Å². The lowest BCUT2D eigenvalue weighted by molar-refractivity contribution is -0.136. The van der Waals surface area contributed by atoms with Crippen LogP contribution in [0.4, 0.5) is 0 Å². The van der Waals surface area contributed by atoms with Gasteiger partial charge in [-0.2, -0.15) is 4.31 Å². The van der Waals surface area contributed by atoms with Gasteiger partial charge in [0.1, 0.15) is 0 Å². The van der Waals surface area contributed by atoms with Gasteiger partial charge in [-0.15, -0.1) is 0 Å². The molecule has 1 heterocycles. The highest BCUT2D eigenvalue weighted by Gasteiger charge is 2.31. The minimum absolute atomic E-state index is 0.0220. The van der Waals surface area contributed by atoms with Gasteiger partial charge in [-0.25, -0.2) is 8.42 Å². The molecule has 3 rings (SSSR count). The Kier molecular flexibility index (Phi) is 5.44. The normalized spacial score (nSPS) is 18.6. The molecule has 1 N–H and O–H groups in total. The van der Waals surface area contributed by atoms with Crippen molar-refractivity contribution in [2.75, 3.05) is 13.1 Å². The third-order valence-electron chi connectivity index (χ3n) is 4.87. The van der Waals surface area contributed by atoms with Crippen LogP contribution in [0.2, 0.25) is 0 Å². The fraction of sp³-hybridized carbons (Fsp3) is 0.350. The monoisotopic (exact) mass is 373 g/mol. The second-order valence-corrected chi connectivity index (χ2v) is 8.69. The van der Waals surface area contributed by atoms with Crippen LogP contribution in [0.5, 0.6) is 0 Å². The number of aliphatic carboxylic acids is 1. The number of hydrogen-bond acceptors (Lipinski definition) is 3. The third-order valence-corrected chi connectivity index (χ3v) is 6.90. The summed E-state index contributed by atoms with van der Waals surface area (Å²) >= 11 is 0. The Bertz CT molecular complexity index is 908. The fourth-order valence-electron chi connectivity index (χ4n) is 3.55. The molecule has 1 fully saturated rings. The number of nitrogens with zero attached hydrogens (tertiary/aromatic N) is 1. The van der Waals surface area contributed by atoms with E-state index in [9.17, 15) is 13.2 Å². The van der Waals surface area contributed by atoms with E-state index in [1.54, 1.807) is 22.5 Å². The Morgan fingerprint density at radius 1 is 1.19 bits per heavy atom. The highest BCUT2D eigenvalue weighted by molar-refractivity contribution is 7.89. The van der Waals surface area contributed by atoms with Crippen LogP contribution < -0.4 is 0 Å². The molecule has 1 unspecified atom stereocenters. The molecule has 2 aromatic carbocycles. The molecule has 1 atom stereocenters. The van der Waals surface area contributed by atoms with E-state index < -0.39 is 16.0 Å². The average molecular weight is 373 g/mol. The third kappa shape index (κ3) is 3.97. The number of piperidine rings is 1. The Labute approximate surface area is 154 Å². The largest absolute Gasteiger partial charge is 0.481 e. The molecule has 1 aliphatic heterocycles. The number of sulfonamides is 1. The summed E-state index contributed by atoms with van der Waals surface area (Å²) in [5.41, 5.74) is 2.50. The van der Waals surface area contributed by atoms with Crippen LogP contribution in [0.3, 0.4) is 0 Å². The van der Waals surface area contributed by atoms with Gasteiger partial charge >= 0.3 is 5.97 Å². The molecule has 1 saturated heterocycles. The lowest BCUT2D eigenvalue weighted by atomic mass is 9.90. The second kappa shape index (κ2) is 7.60. The van der Waals surface area contributed by atoms with E-state index in [0.717, 1.165) is 29.5 Å². The SMILES string of the molecule is Cc1ccccc1S(=O)(=O)N1CCCC(c2cccc(CC(=O)O)c2)C1. The van der Waals surface area contributed by atoms with Crippen molar-refractivity contribution >= 4 is 16.0 Å². The van der Waals surface area contributed by atoms with Crippen molar-refractivity contribution in [1.29, 1.82) is 0 Å². The first-order valence-electron chi connectivity index (χ1n) is 8.74. The van der Waals surface area contributed by atoms with Crippen LogP contribution in [-0.4, -0.2) is 36.9 Å². The lowest BCUT2D eigenvalue weighted by Gasteiger charge is -2.32. The molecule has 5 nitrogen and oxygen atoms in total. The number of carboxylic acids is 1. The fourth-order valence-corrected chi connectivity index (χ4v) is 5.30. The van der Waals surface area contributed by atoms with Crippen molar-refractivity contribution in [1.82, 2.24) is 4.31 Å². The average Bonchev–Trinajstić information content (AvgIpc) is 2.62. The first-order chi connectivity index (χ1) is 12.4. The smallest absolute Gasteiger partial charge is 0.307 e. The van der Waals surface area contributed by atoms with Crippen molar-refractivity contribution in [3.8, 4) is 0 Å². The summed E-state index contributed by atoms with van der Waals surface area (Å²) in [6, 6.07) is 14.5. The summed E-state index contributed by atoms with van der Waals surface area (Å²) in [4.78, 5) is 11.3. The Morgan fingerprint density at radius 3 is 2.69 bits per heavy atom. The van der Waals surface area contributed by atoms with Crippen molar-refractivity contribution < 1.29 is 18.3 Å². The zero-order valence-corrected chi connectivity index (χ0v) is 15.6. The number of carboxylic acid groups (broad SMARTS) is 1. The predicted molar refractivity (Wildman–Crippen MR) is 99.7 cm³/mol. The molecule has 0 aromatic heterocycles. The predicted octanol–water partition coefficient (Wildman–Crippen LogP) is 3.19. The molecule has 0 aliphatic carbocycles. The van der Waals surface area contributed by atoms with Crippen LogP contribution in [-0.2, 0) is 21.2 Å². The van der Waals surface area contributed by atoms with Gasteiger partial charge in [0.05, 0.1) is 11.3 Å². The quantitative estimate of drug-likeness (QED) is 0.873. The van der Waals surface area contributed by atoms with Crippen LogP contribution in [0.1, 0.15) is 35.4 Å². The second-order valence-electron chi connectivity index (χ2n) is 6.78. The number of aryl methyl sites for hydroxylation is 1. The molecular weight excluding hydrogens is 350 g/mol. The van der Waals surface area contributed by atoms with E-state index in [0.29, 0.717) is 18.0 Å². The van der Waals surface area contributed by atoms with Gasteiger partial charge in [-0.05, 0) is 48.4 Å². The van der Waals surface area contributed by atoms with Gasteiger partial charge in [-0.3, -0.25) is 4.79 Å². The first kappa shape index (κ1) is 18.6. The number of benzene rings is 2. The van der Waals surface area contributed by atoms with Crippen LogP contribution in [0, 0.1) is 6.92 Å². The Hall–Kier alpha value is -2.18.